The first-order valence-corrected chi connectivity index (χ1v) is 8.80. The van der Waals surface area contributed by atoms with Crippen LogP contribution in [-0.2, 0) is 9.59 Å². The maximum Gasteiger partial charge on any atom is 0.325 e. The van der Waals surface area contributed by atoms with Gasteiger partial charge < -0.3 is 15.3 Å². The van der Waals surface area contributed by atoms with Gasteiger partial charge in [0.05, 0.1) is 11.8 Å². The molecule has 0 saturated carbocycles. The van der Waals surface area contributed by atoms with Crippen LogP contribution in [0.1, 0.15) is 38.5 Å². The molecule has 4 amide bonds. The summed E-state index contributed by atoms with van der Waals surface area (Å²) in [5, 5.41) is 13.0. The molecule has 0 radical (unpaired) electrons. The van der Waals surface area contributed by atoms with E-state index in [1.54, 1.807) is 37.1 Å². The third kappa shape index (κ3) is 3.55. The Bertz CT molecular complexity index is 698. The number of piperidine rings is 1. The Morgan fingerprint density at radius 1 is 1.35 bits per heavy atom. The summed E-state index contributed by atoms with van der Waals surface area (Å²) in [6.07, 6.45) is 2.29. The summed E-state index contributed by atoms with van der Waals surface area (Å²) >= 11 is 0. The molecule has 1 atom stereocenters. The highest BCUT2D eigenvalue weighted by Crippen LogP contribution is 2.29. The molecule has 8 nitrogen and oxygen atoms in total. The van der Waals surface area contributed by atoms with Crippen LogP contribution in [0.15, 0.2) is 24.4 Å². The monoisotopic (exact) mass is 360 g/mol. The SMILES string of the molecule is CC1(C)NC(=O)N(CC(=O)N2CCC([C@H](O)c3ccccn3)CC2)C1=O. The lowest BCUT2D eigenvalue weighted by Gasteiger charge is -2.34. The zero-order chi connectivity index (χ0) is 18.9. The minimum Gasteiger partial charge on any atom is -0.387 e. The summed E-state index contributed by atoms with van der Waals surface area (Å²) in [6, 6.07) is 4.90. The largest absolute Gasteiger partial charge is 0.387 e. The molecule has 0 unspecified atom stereocenters. The summed E-state index contributed by atoms with van der Waals surface area (Å²) < 4.78 is 0. The lowest BCUT2D eigenvalue weighted by molar-refractivity contribution is -0.139. The molecule has 2 aliphatic rings. The summed E-state index contributed by atoms with van der Waals surface area (Å²) in [5.74, 6) is -0.613. The lowest BCUT2D eigenvalue weighted by atomic mass is 9.89. The van der Waals surface area contributed by atoms with Crippen molar-refractivity contribution in [2.75, 3.05) is 19.6 Å². The Hall–Kier alpha value is -2.48. The van der Waals surface area contributed by atoms with Crippen molar-refractivity contribution in [3.8, 4) is 0 Å². The van der Waals surface area contributed by atoms with Gasteiger partial charge in [-0.3, -0.25) is 19.5 Å². The van der Waals surface area contributed by atoms with E-state index in [0.717, 1.165) is 4.90 Å². The molecular weight excluding hydrogens is 336 g/mol. The van der Waals surface area contributed by atoms with Crippen LogP contribution < -0.4 is 5.32 Å². The predicted molar refractivity (Wildman–Crippen MR) is 92.8 cm³/mol. The minimum absolute atomic E-state index is 0.0320. The molecule has 0 aromatic carbocycles. The van der Waals surface area contributed by atoms with Crippen LogP contribution in [0, 0.1) is 5.92 Å². The van der Waals surface area contributed by atoms with Gasteiger partial charge in [0, 0.05) is 19.3 Å². The van der Waals surface area contributed by atoms with Crippen molar-refractivity contribution < 1.29 is 19.5 Å². The smallest absolute Gasteiger partial charge is 0.325 e. The number of rotatable bonds is 4. The Morgan fingerprint density at radius 2 is 2.04 bits per heavy atom. The van der Waals surface area contributed by atoms with Crippen molar-refractivity contribution in [1.82, 2.24) is 20.1 Å². The Kier molecular flexibility index (Phi) is 4.95. The van der Waals surface area contributed by atoms with Crippen LogP contribution in [-0.4, -0.2) is 62.9 Å². The second-order valence-corrected chi connectivity index (χ2v) is 7.36. The molecule has 8 heteroatoms. The second-order valence-electron chi connectivity index (χ2n) is 7.36. The van der Waals surface area contributed by atoms with Crippen LogP contribution in [0.2, 0.25) is 0 Å². The van der Waals surface area contributed by atoms with E-state index in [0.29, 0.717) is 31.6 Å². The van der Waals surface area contributed by atoms with Gasteiger partial charge in [0.2, 0.25) is 5.91 Å². The number of hydrogen-bond donors (Lipinski definition) is 2. The first-order valence-electron chi connectivity index (χ1n) is 8.80. The van der Waals surface area contributed by atoms with E-state index in [2.05, 4.69) is 10.3 Å². The van der Waals surface area contributed by atoms with Crippen molar-refractivity contribution in [3.05, 3.63) is 30.1 Å². The quantitative estimate of drug-likeness (QED) is 0.769. The minimum atomic E-state index is -0.975. The van der Waals surface area contributed by atoms with E-state index in [1.165, 1.54) is 0 Å². The maximum atomic E-state index is 12.5. The molecule has 2 aliphatic heterocycles. The lowest BCUT2D eigenvalue weighted by Crippen LogP contribution is -2.47. The first-order chi connectivity index (χ1) is 12.3. The number of nitrogens with zero attached hydrogens (tertiary/aromatic N) is 3. The molecular formula is C18H24N4O4. The summed E-state index contributed by atoms with van der Waals surface area (Å²) in [4.78, 5) is 43.4. The van der Waals surface area contributed by atoms with Gasteiger partial charge >= 0.3 is 6.03 Å². The van der Waals surface area contributed by atoms with Crippen LogP contribution in [0.3, 0.4) is 0 Å². The number of pyridine rings is 1. The van der Waals surface area contributed by atoms with Crippen molar-refractivity contribution in [2.24, 2.45) is 5.92 Å². The fourth-order valence-corrected chi connectivity index (χ4v) is 3.45. The van der Waals surface area contributed by atoms with Gasteiger partial charge in [-0.1, -0.05) is 6.07 Å². The molecule has 26 heavy (non-hydrogen) atoms. The van der Waals surface area contributed by atoms with E-state index in [1.807, 2.05) is 6.07 Å². The molecule has 0 aliphatic carbocycles. The Labute approximate surface area is 152 Å². The van der Waals surface area contributed by atoms with E-state index >= 15 is 0 Å². The molecule has 0 spiro atoms. The fourth-order valence-electron chi connectivity index (χ4n) is 3.45. The summed E-state index contributed by atoms with van der Waals surface area (Å²) in [5.41, 5.74) is -0.337. The number of carbonyl (C=O) groups excluding carboxylic acids is 3. The van der Waals surface area contributed by atoms with Crippen molar-refractivity contribution in [1.29, 1.82) is 0 Å². The number of aromatic nitrogens is 1. The highest BCUT2D eigenvalue weighted by atomic mass is 16.3. The standard InChI is InChI=1S/C18H24N4O4/c1-18(2)16(25)22(17(26)20-18)11-14(23)21-9-6-12(7-10-21)15(24)13-5-3-4-8-19-13/h3-5,8,12,15,24H,6-7,9-11H2,1-2H3,(H,20,26)/t15-/m0/s1. The normalized spacial score (nSPS) is 21.7. The molecule has 3 heterocycles. The average Bonchev–Trinajstić information content (AvgIpc) is 2.83. The van der Waals surface area contributed by atoms with Crippen LogP contribution in [0.5, 0.6) is 0 Å². The third-order valence-corrected chi connectivity index (χ3v) is 5.07. The molecule has 1 aromatic rings. The Morgan fingerprint density at radius 3 is 2.58 bits per heavy atom. The molecule has 0 bridgehead atoms. The third-order valence-electron chi connectivity index (χ3n) is 5.07. The highest BCUT2D eigenvalue weighted by molar-refractivity contribution is 6.08. The Balaban J connectivity index is 1.54. The molecule has 140 valence electrons. The number of hydrogen-bond acceptors (Lipinski definition) is 5. The summed E-state index contributed by atoms with van der Waals surface area (Å²) in [6.45, 7) is 3.95. The van der Waals surface area contributed by atoms with E-state index in [-0.39, 0.29) is 18.4 Å². The van der Waals surface area contributed by atoms with Gasteiger partial charge in [-0.05, 0) is 44.7 Å². The molecule has 1 aromatic heterocycles. The van der Waals surface area contributed by atoms with Gasteiger partial charge in [-0.25, -0.2) is 4.79 Å². The zero-order valence-corrected chi connectivity index (χ0v) is 15.0. The fraction of sp³-hybridized carbons (Fsp3) is 0.556. The van der Waals surface area contributed by atoms with E-state index in [9.17, 15) is 19.5 Å². The van der Waals surface area contributed by atoms with E-state index < -0.39 is 23.6 Å². The number of nitrogens with one attached hydrogen (secondary N) is 1. The number of aliphatic hydroxyl groups is 1. The summed E-state index contributed by atoms with van der Waals surface area (Å²) in [7, 11) is 0. The number of aliphatic hydroxyl groups excluding tert-OH is 1. The number of likely N-dealkylation sites (tertiary alicyclic amines) is 1. The number of carbonyl (C=O) groups is 3. The zero-order valence-electron chi connectivity index (χ0n) is 15.0. The van der Waals surface area contributed by atoms with E-state index in [4.69, 9.17) is 0 Å². The second kappa shape index (κ2) is 7.03. The number of urea groups is 1. The number of amides is 4. The van der Waals surface area contributed by atoms with Gasteiger partial charge in [0.1, 0.15) is 12.1 Å². The molecule has 2 N–H and O–H groups in total. The maximum absolute atomic E-state index is 12.5. The van der Waals surface area contributed by atoms with Gasteiger partial charge in [-0.15, -0.1) is 0 Å². The topological polar surface area (TPSA) is 103 Å². The average molecular weight is 360 g/mol. The van der Waals surface area contributed by atoms with Gasteiger partial charge in [0.25, 0.3) is 5.91 Å². The molecule has 3 rings (SSSR count). The van der Waals surface area contributed by atoms with Crippen LogP contribution >= 0.6 is 0 Å². The highest BCUT2D eigenvalue weighted by Gasteiger charge is 2.45. The van der Waals surface area contributed by atoms with Crippen LogP contribution in [0.25, 0.3) is 0 Å². The number of imide groups is 1. The van der Waals surface area contributed by atoms with Crippen molar-refractivity contribution in [2.45, 2.75) is 38.3 Å². The van der Waals surface area contributed by atoms with Crippen LogP contribution in [0.4, 0.5) is 4.79 Å². The van der Waals surface area contributed by atoms with Crippen molar-refractivity contribution in [3.63, 3.8) is 0 Å². The molecule has 2 fully saturated rings. The first kappa shape index (κ1) is 18.3. The van der Waals surface area contributed by atoms with Gasteiger partial charge in [-0.2, -0.15) is 0 Å². The predicted octanol–water partition coefficient (Wildman–Crippen LogP) is 0.684. The molecule has 2 saturated heterocycles. The van der Waals surface area contributed by atoms with Gasteiger partial charge in [0.15, 0.2) is 0 Å². The van der Waals surface area contributed by atoms with Crippen molar-refractivity contribution >= 4 is 17.8 Å².